The van der Waals surface area contributed by atoms with Crippen molar-refractivity contribution in [2.45, 2.75) is 6.54 Å². The molecule has 2 rings (SSSR count). The minimum Gasteiger partial charge on any atom is -0.379 e. The van der Waals surface area contributed by atoms with Crippen LogP contribution in [-0.4, -0.2) is 0 Å². The molecule has 0 aromatic heterocycles. The van der Waals surface area contributed by atoms with Crippen molar-refractivity contribution in [3.05, 3.63) is 62.0 Å². The monoisotopic (exact) mass is 365 g/mol. The Morgan fingerprint density at radius 2 is 1.84 bits per heavy atom. The van der Waals surface area contributed by atoms with Crippen LogP contribution in [0.15, 0.2) is 34.8 Å². The molecule has 6 heteroatoms. The lowest BCUT2D eigenvalue weighted by Gasteiger charge is -2.11. The maximum Gasteiger partial charge on any atom is 0.129 e. The van der Waals surface area contributed by atoms with Crippen molar-refractivity contribution in [2.24, 2.45) is 0 Å². The number of benzene rings is 2. The van der Waals surface area contributed by atoms with Gasteiger partial charge in [0.05, 0.1) is 10.7 Å². The Labute approximate surface area is 127 Å². The van der Waals surface area contributed by atoms with Gasteiger partial charge in [-0.1, -0.05) is 29.3 Å². The van der Waals surface area contributed by atoms with E-state index in [0.29, 0.717) is 20.7 Å². The summed E-state index contributed by atoms with van der Waals surface area (Å²) in [6, 6.07) is 6.89. The molecule has 0 unspecified atom stereocenters. The molecule has 2 aromatic carbocycles. The summed E-state index contributed by atoms with van der Waals surface area (Å²) in [5, 5.41) is 3.52. The van der Waals surface area contributed by atoms with Crippen LogP contribution in [0.25, 0.3) is 0 Å². The minimum atomic E-state index is -0.444. The van der Waals surface area contributed by atoms with Crippen molar-refractivity contribution < 1.29 is 8.78 Å². The lowest BCUT2D eigenvalue weighted by molar-refractivity contribution is 0.613. The van der Waals surface area contributed by atoms with Crippen molar-refractivity contribution in [2.75, 3.05) is 5.32 Å². The number of nitrogens with one attached hydrogen (secondary N) is 1. The molecule has 0 bridgehead atoms. The van der Waals surface area contributed by atoms with E-state index in [1.54, 1.807) is 12.1 Å². The van der Waals surface area contributed by atoms with Gasteiger partial charge in [0, 0.05) is 21.6 Å². The van der Waals surface area contributed by atoms with Gasteiger partial charge in [-0.25, -0.2) is 8.78 Å². The van der Waals surface area contributed by atoms with Crippen molar-refractivity contribution in [3.8, 4) is 0 Å². The summed E-state index contributed by atoms with van der Waals surface area (Å²) in [5.74, 6) is -0.852. The van der Waals surface area contributed by atoms with Gasteiger partial charge in [-0.3, -0.25) is 0 Å². The third kappa shape index (κ3) is 3.59. The summed E-state index contributed by atoms with van der Waals surface area (Å²) >= 11 is 14.8. The molecule has 1 N–H and O–H groups in total. The van der Waals surface area contributed by atoms with Gasteiger partial charge in [0.25, 0.3) is 0 Å². The van der Waals surface area contributed by atoms with Gasteiger partial charge in [0.15, 0.2) is 0 Å². The van der Waals surface area contributed by atoms with E-state index in [4.69, 9.17) is 23.2 Å². The second kappa shape index (κ2) is 6.07. The molecule has 0 fully saturated rings. The van der Waals surface area contributed by atoms with Crippen LogP contribution in [0.1, 0.15) is 5.56 Å². The Bertz CT molecular complexity index is 597. The van der Waals surface area contributed by atoms with E-state index in [1.165, 1.54) is 18.2 Å². The smallest absolute Gasteiger partial charge is 0.129 e. The van der Waals surface area contributed by atoms with Crippen molar-refractivity contribution in [3.63, 3.8) is 0 Å². The Morgan fingerprint density at radius 3 is 2.47 bits per heavy atom. The quantitative estimate of drug-likeness (QED) is 0.740. The number of anilines is 1. The van der Waals surface area contributed by atoms with Crippen molar-refractivity contribution >= 4 is 44.8 Å². The van der Waals surface area contributed by atoms with Crippen LogP contribution in [0.5, 0.6) is 0 Å². The molecule has 0 aliphatic heterocycles. The van der Waals surface area contributed by atoms with Gasteiger partial charge in [-0.2, -0.15) is 0 Å². The third-order valence-corrected chi connectivity index (χ3v) is 3.64. The van der Waals surface area contributed by atoms with Gasteiger partial charge in [0.2, 0.25) is 0 Å². The zero-order valence-electron chi connectivity index (χ0n) is 9.48. The summed E-state index contributed by atoms with van der Waals surface area (Å²) in [6.07, 6.45) is 0. The molecule has 0 saturated heterocycles. The van der Waals surface area contributed by atoms with Crippen LogP contribution in [0.3, 0.4) is 0 Å². The summed E-state index contributed by atoms with van der Waals surface area (Å²) in [4.78, 5) is 0. The van der Waals surface area contributed by atoms with E-state index in [9.17, 15) is 8.78 Å². The van der Waals surface area contributed by atoms with Crippen LogP contribution in [0.4, 0.5) is 14.5 Å². The van der Waals surface area contributed by atoms with E-state index in [2.05, 4.69) is 21.2 Å². The van der Waals surface area contributed by atoms with Gasteiger partial charge < -0.3 is 5.32 Å². The summed E-state index contributed by atoms with van der Waals surface area (Å²) in [6.45, 7) is 0.215. The number of rotatable bonds is 3. The lowest BCUT2D eigenvalue weighted by Crippen LogP contribution is -2.03. The summed E-state index contributed by atoms with van der Waals surface area (Å²) in [7, 11) is 0. The van der Waals surface area contributed by atoms with E-state index in [0.717, 1.165) is 0 Å². The van der Waals surface area contributed by atoms with Gasteiger partial charge in [-0.15, -0.1) is 0 Å². The molecule has 0 radical (unpaired) electrons. The van der Waals surface area contributed by atoms with Gasteiger partial charge in [-0.05, 0) is 40.2 Å². The Morgan fingerprint density at radius 1 is 1.11 bits per heavy atom. The average Bonchev–Trinajstić information content (AvgIpc) is 2.30. The van der Waals surface area contributed by atoms with Crippen LogP contribution in [-0.2, 0) is 6.54 Å². The number of hydrogen-bond donors (Lipinski definition) is 1. The molecule has 19 heavy (non-hydrogen) atoms. The first-order valence-corrected chi connectivity index (χ1v) is 6.84. The molecule has 100 valence electrons. The molecule has 0 atom stereocenters. The number of halogens is 5. The zero-order chi connectivity index (χ0) is 14.0. The fraction of sp³-hybridized carbons (Fsp3) is 0.0769. The summed E-state index contributed by atoms with van der Waals surface area (Å²) < 4.78 is 27.1. The highest BCUT2D eigenvalue weighted by molar-refractivity contribution is 9.10. The van der Waals surface area contributed by atoms with E-state index < -0.39 is 11.6 Å². The highest BCUT2D eigenvalue weighted by atomic mass is 79.9. The molecule has 0 amide bonds. The Hall–Kier alpha value is -0.840. The predicted molar refractivity (Wildman–Crippen MR) is 77.8 cm³/mol. The molecule has 0 saturated carbocycles. The van der Waals surface area contributed by atoms with Gasteiger partial charge >= 0.3 is 0 Å². The minimum absolute atomic E-state index is 0.215. The maximum absolute atomic E-state index is 13.6. The zero-order valence-corrected chi connectivity index (χ0v) is 12.6. The van der Waals surface area contributed by atoms with E-state index >= 15 is 0 Å². The largest absolute Gasteiger partial charge is 0.379 e. The van der Waals surface area contributed by atoms with Crippen LogP contribution in [0, 0.1) is 11.6 Å². The molecule has 0 heterocycles. The standard InChI is InChI=1S/C13H8BrCl2F2N/c14-10-4-9(17)5-11(16)13(10)19-6-7-1-2-8(15)3-12(7)18/h1-5,19H,6H2. The second-order valence-electron chi connectivity index (χ2n) is 3.83. The third-order valence-electron chi connectivity index (χ3n) is 2.48. The maximum atomic E-state index is 13.6. The lowest BCUT2D eigenvalue weighted by atomic mass is 10.2. The van der Waals surface area contributed by atoms with Crippen LogP contribution in [0.2, 0.25) is 10.0 Å². The highest BCUT2D eigenvalue weighted by Crippen LogP contribution is 2.32. The van der Waals surface area contributed by atoms with Crippen molar-refractivity contribution in [1.29, 1.82) is 0 Å². The van der Waals surface area contributed by atoms with Crippen molar-refractivity contribution in [1.82, 2.24) is 0 Å². The summed E-state index contributed by atoms with van der Waals surface area (Å²) in [5.41, 5.74) is 0.953. The van der Waals surface area contributed by atoms with E-state index in [-0.39, 0.29) is 11.6 Å². The molecule has 0 aliphatic carbocycles. The predicted octanol–water partition coefficient (Wildman–Crippen LogP) is 5.65. The highest BCUT2D eigenvalue weighted by Gasteiger charge is 2.09. The second-order valence-corrected chi connectivity index (χ2v) is 5.53. The Kier molecular flexibility index (Phi) is 4.66. The van der Waals surface area contributed by atoms with Gasteiger partial charge in [0.1, 0.15) is 11.6 Å². The average molecular weight is 367 g/mol. The fourth-order valence-electron chi connectivity index (χ4n) is 1.56. The molecular formula is C13H8BrCl2F2N. The van der Waals surface area contributed by atoms with Crippen LogP contribution < -0.4 is 5.32 Å². The molecular weight excluding hydrogens is 359 g/mol. The van der Waals surface area contributed by atoms with Crippen LogP contribution >= 0.6 is 39.1 Å². The Balaban J connectivity index is 2.19. The number of hydrogen-bond acceptors (Lipinski definition) is 1. The molecule has 0 aliphatic rings. The molecule has 2 aromatic rings. The topological polar surface area (TPSA) is 12.0 Å². The SMILES string of the molecule is Fc1cc(Cl)c(NCc2ccc(Cl)cc2F)c(Br)c1. The first-order chi connectivity index (χ1) is 8.97. The molecule has 1 nitrogen and oxygen atoms in total. The fourth-order valence-corrected chi connectivity index (χ4v) is 2.68. The molecule has 0 spiro atoms. The normalized spacial score (nSPS) is 10.6. The first kappa shape index (κ1) is 14.6. The first-order valence-electron chi connectivity index (χ1n) is 5.29. The van der Waals surface area contributed by atoms with E-state index in [1.807, 2.05) is 0 Å².